The van der Waals surface area contributed by atoms with Gasteiger partial charge in [-0.25, -0.2) is 0 Å². The zero-order valence-corrected chi connectivity index (χ0v) is 7.55. The van der Waals surface area contributed by atoms with Gasteiger partial charge in [-0.1, -0.05) is 26.0 Å². The third-order valence-electron chi connectivity index (χ3n) is 2.18. The van der Waals surface area contributed by atoms with Gasteiger partial charge in [-0.05, 0) is 19.8 Å². The first-order chi connectivity index (χ1) is 5.06. The van der Waals surface area contributed by atoms with Gasteiger partial charge >= 0.3 is 0 Å². The van der Waals surface area contributed by atoms with Gasteiger partial charge in [-0.3, -0.25) is 4.79 Å². The van der Waals surface area contributed by atoms with Gasteiger partial charge in [0.25, 0.3) is 0 Å². The van der Waals surface area contributed by atoms with E-state index in [1.165, 1.54) is 0 Å². The SMILES string of the molecule is C/C=C/CC(C)(CC)C(N)=O. The Labute approximate surface area is 68.5 Å². The maximum Gasteiger partial charge on any atom is 0.223 e. The van der Waals surface area contributed by atoms with Crippen LogP contribution >= 0.6 is 0 Å². The van der Waals surface area contributed by atoms with Crippen molar-refractivity contribution in [1.29, 1.82) is 0 Å². The molecule has 1 atom stereocenters. The Kier molecular flexibility index (Phi) is 3.86. The number of amides is 1. The molecule has 1 amide bonds. The van der Waals surface area contributed by atoms with Crippen LogP contribution in [0.25, 0.3) is 0 Å². The molecule has 0 spiro atoms. The standard InChI is InChI=1S/C9H17NO/c1-4-6-7-9(3,5-2)8(10)11/h4,6H,5,7H2,1-3H3,(H2,10,11)/b6-4+. The number of carbonyl (C=O) groups excluding carboxylic acids is 1. The van der Waals surface area contributed by atoms with Gasteiger partial charge in [-0.2, -0.15) is 0 Å². The number of hydrogen-bond donors (Lipinski definition) is 1. The molecule has 0 bridgehead atoms. The van der Waals surface area contributed by atoms with Crippen LogP contribution in [0.4, 0.5) is 0 Å². The summed E-state index contributed by atoms with van der Waals surface area (Å²) in [4.78, 5) is 10.9. The maximum atomic E-state index is 10.9. The molecular weight excluding hydrogens is 138 g/mol. The molecule has 0 aliphatic carbocycles. The molecule has 0 aliphatic heterocycles. The number of hydrogen-bond acceptors (Lipinski definition) is 1. The smallest absolute Gasteiger partial charge is 0.223 e. The van der Waals surface area contributed by atoms with Crippen LogP contribution in [-0.4, -0.2) is 5.91 Å². The van der Waals surface area contributed by atoms with Crippen LogP contribution < -0.4 is 5.73 Å². The monoisotopic (exact) mass is 155 g/mol. The Morgan fingerprint density at radius 1 is 1.64 bits per heavy atom. The van der Waals surface area contributed by atoms with Crippen LogP contribution in [0.5, 0.6) is 0 Å². The van der Waals surface area contributed by atoms with E-state index in [2.05, 4.69) is 0 Å². The lowest BCUT2D eigenvalue weighted by molar-refractivity contribution is -0.126. The maximum absolute atomic E-state index is 10.9. The van der Waals surface area contributed by atoms with Gasteiger partial charge in [0, 0.05) is 5.41 Å². The Morgan fingerprint density at radius 2 is 2.18 bits per heavy atom. The quantitative estimate of drug-likeness (QED) is 0.618. The second-order valence-electron chi connectivity index (χ2n) is 3.05. The minimum Gasteiger partial charge on any atom is -0.369 e. The van der Waals surface area contributed by atoms with Crippen molar-refractivity contribution in [2.45, 2.75) is 33.6 Å². The average Bonchev–Trinajstić information content (AvgIpc) is 2.00. The highest BCUT2D eigenvalue weighted by atomic mass is 16.1. The Morgan fingerprint density at radius 3 is 2.45 bits per heavy atom. The molecule has 64 valence electrons. The highest BCUT2D eigenvalue weighted by Gasteiger charge is 2.26. The molecule has 11 heavy (non-hydrogen) atoms. The first kappa shape index (κ1) is 10.2. The van der Waals surface area contributed by atoms with Gasteiger partial charge in [0.1, 0.15) is 0 Å². The van der Waals surface area contributed by atoms with E-state index < -0.39 is 0 Å². The number of rotatable bonds is 4. The zero-order valence-electron chi connectivity index (χ0n) is 7.55. The lowest BCUT2D eigenvalue weighted by Gasteiger charge is -2.21. The molecule has 2 heteroatoms. The van der Waals surface area contributed by atoms with Crippen molar-refractivity contribution in [3.63, 3.8) is 0 Å². The van der Waals surface area contributed by atoms with Crippen LogP contribution in [0.15, 0.2) is 12.2 Å². The Hall–Kier alpha value is -0.790. The molecule has 0 saturated carbocycles. The highest BCUT2D eigenvalue weighted by molar-refractivity contribution is 5.80. The number of carbonyl (C=O) groups is 1. The van der Waals surface area contributed by atoms with E-state index in [0.717, 1.165) is 12.8 Å². The van der Waals surface area contributed by atoms with Crippen LogP contribution in [0.3, 0.4) is 0 Å². The fraction of sp³-hybridized carbons (Fsp3) is 0.667. The lowest BCUT2D eigenvalue weighted by atomic mass is 9.83. The molecule has 0 aliphatic rings. The molecule has 1 unspecified atom stereocenters. The number of allylic oxidation sites excluding steroid dienone is 2. The van der Waals surface area contributed by atoms with E-state index in [-0.39, 0.29) is 11.3 Å². The van der Waals surface area contributed by atoms with Crippen LogP contribution in [0.2, 0.25) is 0 Å². The van der Waals surface area contributed by atoms with E-state index in [0.29, 0.717) is 0 Å². The van der Waals surface area contributed by atoms with Gasteiger partial charge in [0.05, 0.1) is 0 Å². The van der Waals surface area contributed by atoms with Crippen LogP contribution in [0.1, 0.15) is 33.6 Å². The number of primary amides is 1. The lowest BCUT2D eigenvalue weighted by Crippen LogP contribution is -2.33. The molecule has 0 rings (SSSR count). The summed E-state index contributed by atoms with van der Waals surface area (Å²) >= 11 is 0. The zero-order chi connectivity index (χ0) is 8.91. The van der Waals surface area contributed by atoms with E-state index in [1.807, 2.05) is 32.9 Å². The third-order valence-corrected chi connectivity index (χ3v) is 2.18. The van der Waals surface area contributed by atoms with Gasteiger partial charge in [-0.15, -0.1) is 0 Å². The molecule has 0 aromatic carbocycles. The summed E-state index contributed by atoms with van der Waals surface area (Å²) < 4.78 is 0. The highest BCUT2D eigenvalue weighted by Crippen LogP contribution is 2.25. The summed E-state index contributed by atoms with van der Waals surface area (Å²) in [5.74, 6) is -0.210. The summed E-state index contributed by atoms with van der Waals surface area (Å²) in [6.07, 6.45) is 5.47. The normalized spacial score (nSPS) is 16.6. The molecule has 0 fully saturated rings. The summed E-state index contributed by atoms with van der Waals surface area (Å²) in [5, 5.41) is 0. The minimum atomic E-state index is -0.355. The first-order valence-electron chi connectivity index (χ1n) is 3.98. The fourth-order valence-corrected chi connectivity index (χ4v) is 0.797. The number of nitrogens with two attached hydrogens (primary N) is 1. The second kappa shape index (κ2) is 4.16. The van der Waals surface area contributed by atoms with E-state index in [1.54, 1.807) is 0 Å². The van der Waals surface area contributed by atoms with Crippen LogP contribution in [-0.2, 0) is 4.79 Å². The van der Waals surface area contributed by atoms with Gasteiger partial charge in [0.15, 0.2) is 0 Å². The van der Waals surface area contributed by atoms with Crippen molar-refractivity contribution in [2.24, 2.45) is 11.1 Å². The summed E-state index contributed by atoms with van der Waals surface area (Å²) in [6.45, 7) is 5.82. The van der Waals surface area contributed by atoms with Crippen molar-refractivity contribution < 1.29 is 4.79 Å². The van der Waals surface area contributed by atoms with Crippen LogP contribution in [0, 0.1) is 5.41 Å². The van der Waals surface area contributed by atoms with Crippen molar-refractivity contribution >= 4 is 5.91 Å². The molecule has 0 heterocycles. The average molecular weight is 155 g/mol. The van der Waals surface area contributed by atoms with Crippen molar-refractivity contribution in [3.8, 4) is 0 Å². The van der Waals surface area contributed by atoms with Crippen molar-refractivity contribution in [1.82, 2.24) is 0 Å². The van der Waals surface area contributed by atoms with E-state index in [4.69, 9.17) is 5.73 Å². The first-order valence-corrected chi connectivity index (χ1v) is 3.98. The Balaban J connectivity index is 4.22. The van der Waals surface area contributed by atoms with Gasteiger partial charge in [0.2, 0.25) is 5.91 Å². The molecule has 0 aromatic heterocycles. The fourth-order valence-electron chi connectivity index (χ4n) is 0.797. The minimum absolute atomic E-state index is 0.210. The van der Waals surface area contributed by atoms with Gasteiger partial charge < -0.3 is 5.73 Å². The molecule has 0 radical (unpaired) electrons. The molecular formula is C9H17NO. The summed E-state index contributed by atoms with van der Waals surface area (Å²) in [6, 6.07) is 0. The third kappa shape index (κ3) is 2.74. The molecule has 2 nitrogen and oxygen atoms in total. The predicted molar refractivity (Wildman–Crippen MR) is 47.0 cm³/mol. The predicted octanol–water partition coefficient (Wildman–Crippen LogP) is 1.85. The topological polar surface area (TPSA) is 43.1 Å². The largest absolute Gasteiger partial charge is 0.369 e. The summed E-state index contributed by atoms with van der Waals surface area (Å²) in [5.41, 5.74) is 4.89. The van der Waals surface area contributed by atoms with Crippen molar-refractivity contribution in [2.75, 3.05) is 0 Å². The van der Waals surface area contributed by atoms with E-state index >= 15 is 0 Å². The molecule has 2 N–H and O–H groups in total. The van der Waals surface area contributed by atoms with E-state index in [9.17, 15) is 4.79 Å². The van der Waals surface area contributed by atoms with Crippen molar-refractivity contribution in [3.05, 3.63) is 12.2 Å². The summed E-state index contributed by atoms with van der Waals surface area (Å²) in [7, 11) is 0. The second-order valence-corrected chi connectivity index (χ2v) is 3.05. The molecule has 0 saturated heterocycles. The molecule has 0 aromatic rings. The Bertz CT molecular complexity index is 163.